The summed E-state index contributed by atoms with van der Waals surface area (Å²) in [5.41, 5.74) is 1.34. The third-order valence-electron chi connectivity index (χ3n) is 5.50. The van der Waals surface area contributed by atoms with Gasteiger partial charge in [-0.05, 0) is 56.8 Å². The number of rotatable bonds is 5. The van der Waals surface area contributed by atoms with E-state index in [-0.39, 0.29) is 11.3 Å². The van der Waals surface area contributed by atoms with E-state index < -0.39 is 0 Å². The van der Waals surface area contributed by atoms with E-state index in [4.69, 9.17) is 9.47 Å². The lowest BCUT2D eigenvalue weighted by molar-refractivity contribution is -0.122. The van der Waals surface area contributed by atoms with Crippen LogP contribution in [-0.2, 0) is 10.2 Å². The van der Waals surface area contributed by atoms with Gasteiger partial charge in [0.2, 0.25) is 12.7 Å². The molecule has 4 rings (SSSR count). The Kier molecular flexibility index (Phi) is 3.68. The Morgan fingerprint density at radius 2 is 2.17 bits per heavy atom. The minimum absolute atomic E-state index is 0.0905. The number of benzene rings is 1. The van der Waals surface area contributed by atoms with Gasteiger partial charge in [0.15, 0.2) is 11.5 Å². The maximum Gasteiger partial charge on any atom is 0.234 e. The number of carbonyl (C=O) groups excluding carboxylic acids is 1. The van der Waals surface area contributed by atoms with Crippen molar-refractivity contribution in [1.29, 1.82) is 0 Å². The molecule has 1 aromatic carbocycles. The molecule has 5 heteroatoms. The number of hydrogen-bond donors (Lipinski definition) is 1. The van der Waals surface area contributed by atoms with Crippen molar-refractivity contribution in [2.24, 2.45) is 0 Å². The second kappa shape index (κ2) is 5.71. The molecule has 0 bridgehead atoms. The Labute approximate surface area is 136 Å². The first kappa shape index (κ1) is 14.8. The lowest BCUT2D eigenvalue weighted by Crippen LogP contribution is -2.41. The predicted octanol–water partition coefficient (Wildman–Crippen LogP) is 2.05. The van der Waals surface area contributed by atoms with E-state index in [1.165, 1.54) is 18.4 Å². The van der Waals surface area contributed by atoms with Crippen molar-refractivity contribution in [2.45, 2.75) is 44.1 Å². The first-order chi connectivity index (χ1) is 11.2. The van der Waals surface area contributed by atoms with Gasteiger partial charge >= 0.3 is 0 Å². The minimum atomic E-state index is 0.0905. The van der Waals surface area contributed by atoms with Crippen LogP contribution in [0.2, 0.25) is 0 Å². The van der Waals surface area contributed by atoms with Gasteiger partial charge < -0.3 is 14.8 Å². The summed E-state index contributed by atoms with van der Waals surface area (Å²) >= 11 is 0. The molecule has 23 heavy (non-hydrogen) atoms. The fraction of sp³-hybridized carbons (Fsp3) is 0.611. The van der Waals surface area contributed by atoms with Crippen LogP contribution >= 0.6 is 0 Å². The number of amides is 1. The maximum atomic E-state index is 12.2. The van der Waals surface area contributed by atoms with E-state index >= 15 is 0 Å². The Morgan fingerprint density at radius 3 is 2.91 bits per heavy atom. The summed E-state index contributed by atoms with van der Waals surface area (Å²) in [5, 5.41) is 3.15. The van der Waals surface area contributed by atoms with Crippen LogP contribution in [0.25, 0.3) is 0 Å². The van der Waals surface area contributed by atoms with E-state index in [2.05, 4.69) is 29.3 Å². The molecule has 2 aliphatic heterocycles. The standard InChI is InChI=1S/C18H24N2O3/c1-13-3-2-8-20(13)10-17(21)19-11-18(6-7-18)14-4-5-15-16(9-14)23-12-22-15/h4-5,9,13H,2-3,6-8,10-12H2,1H3,(H,19,21). The molecule has 1 atom stereocenters. The molecule has 0 aromatic heterocycles. The summed E-state index contributed by atoms with van der Waals surface area (Å²) < 4.78 is 10.8. The molecular formula is C18H24N2O3. The first-order valence-electron chi connectivity index (χ1n) is 8.57. The van der Waals surface area contributed by atoms with Gasteiger partial charge in [-0.1, -0.05) is 6.07 Å². The second-order valence-electron chi connectivity index (χ2n) is 7.09. The molecule has 1 saturated heterocycles. The molecular weight excluding hydrogens is 292 g/mol. The third kappa shape index (κ3) is 2.90. The SMILES string of the molecule is CC1CCCN1CC(=O)NCC1(c2ccc3c(c2)OCO3)CC1. The molecule has 124 valence electrons. The first-order valence-corrected chi connectivity index (χ1v) is 8.57. The highest BCUT2D eigenvalue weighted by Gasteiger charge is 2.45. The van der Waals surface area contributed by atoms with Crippen molar-refractivity contribution in [2.75, 3.05) is 26.4 Å². The van der Waals surface area contributed by atoms with Crippen LogP contribution in [0.3, 0.4) is 0 Å². The van der Waals surface area contributed by atoms with Gasteiger partial charge in [0, 0.05) is 18.0 Å². The smallest absolute Gasteiger partial charge is 0.234 e. The highest BCUT2D eigenvalue weighted by Crippen LogP contribution is 2.49. The normalized spacial score (nSPS) is 24.7. The molecule has 5 nitrogen and oxygen atoms in total. The summed E-state index contributed by atoms with van der Waals surface area (Å²) in [7, 11) is 0. The number of hydrogen-bond acceptors (Lipinski definition) is 4. The van der Waals surface area contributed by atoms with Crippen LogP contribution < -0.4 is 14.8 Å². The van der Waals surface area contributed by atoms with Crippen LogP contribution in [0.1, 0.15) is 38.2 Å². The van der Waals surface area contributed by atoms with Gasteiger partial charge in [-0.3, -0.25) is 9.69 Å². The molecule has 1 aliphatic carbocycles. The largest absolute Gasteiger partial charge is 0.454 e. The van der Waals surface area contributed by atoms with Crippen LogP contribution in [0.5, 0.6) is 11.5 Å². The fourth-order valence-corrected chi connectivity index (χ4v) is 3.68. The summed E-state index contributed by atoms with van der Waals surface area (Å²) in [6.07, 6.45) is 4.64. The highest BCUT2D eigenvalue weighted by molar-refractivity contribution is 5.78. The molecule has 1 amide bonds. The Hall–Kier alpha value is -1.75. The lowest BCUT2D eigenvalue weighted by Gasteiger charge is -2.22. The number of fused-ring (bicyclic) bond motifs is 1. The Balaban J connectivity index is 1.36. The topological polar surface area (TPSA) is 50.8 Å². The summed E-state index contributed by atoms with van der Waals surface area (Å²) in [5.74, 6) is 1.79. The summed E-state index contributed by atoms with van der Waals surface area (Å²) in [6.45, 7) is 4.79. The Bertz CT molecular complexity index is 612. The number of likely N-dealkylation sites (tertiary alicyclic amines) is 1. The van der Waals surface area contributed by atoms with Crippen LogP contribution in [-0.4, -0.2) is 43.3 Å². The van der Waals surface area contributed by atoms with Crippen molar-refractivity contribution in [3.05, 3.63) is 23.8 Å². The van der Waals surface area contributed by atoms with Gasteiger partial charge in [0.05, 0.1) is 6.54 Å². The molecule has 1 N–H and O–H groups in total. The minimum Gasteiger partial charge on any atom is -0.454 e. The van der Waals surface area contributed by atoms with Gasteiger partial charge in [-0.25, -0.2) is 0 Å². The molecule has 2 fully saturated rings. The quantitative estimate of drug-likeness (QED) is 0.903. The molecule has 1 saturated carbocycles. The van der Waals surface area contributed by atoms with E-state index in [9.17, 15) is 4.79 Å². The average molecular weight is 316 g/mol. The van der Waals surface area contributed by atoms with Crippen molar-refractivity contribution in [3.63, 3.8) is 0 Å². The molecule has 1 aromatic rings. The monoisotopic (exact) mass is 316 g/mol. The van der Waals surface area contributed by atoms with Crippen LogP contribution in [0.15, 0.2) is 18.2 Å². The number of ether oxygens (including phenoxy) is 2. The summed E-state index contributed by atoms with van der Waals surface area (Å²) in [6, 6.07) is 6.69. The van der Waals surface area contributed by atoms with Crippen LogP contribution in [0.4, 0.5) is 0 Å². The maximum absolute atomic E-state index is 12.2. The van der Waals surface area contributed by atoms with Gasteiger partial charge in [-0.2, -0.15) is 0 Å². The molecule has 0 radical (unpaired) electrons. The predicted molar refractivity (Wildman–Crippen MR) is 86.8 cm³/mol. The molecule has 1 unspecified atom stereocenters. The van der Waals surface area contributed by atoms with Crippen molar-refractivity contribution >= 4 is 5.91 Å². The third-order valence-corrected chi connectivity index (χ3v) is 5.50. The number of carbonyl (C=O) groups is 1. The van der Waals surface area contributed by atoms with Crippen molar-refractivity contribution < 1.29 is 14.3 Å². The van der Waals surface area contributed by atoms with E-state index in [1.807, 2.05) is 6.07 Å². The average Bonchev–Trinajstić information content (AvgIpc) is 3.01. The van der Waals surface area contributed by atoms with Gasteiger partial charge in [0.25, 0.3) is 0 Å². The lowest BCUT2D eigenvalue weighted by atomic mass is 9.95. The zero-order valence-electron chi connectivity index (χ0n) is 13.6. The number of nitrogens with zero attached hydrogens (tertiary/aromatic N) is 1. The fourth-order valence-electron chi connectivity index (χ4n) is 3.68. The second-order valence-corrected chi connectivity index (χ2v) is 7.09. The van der Waals surface area contributed by atoms with Crippen molar-refractivity contribution in [3.8, 4) is 11.5 Å². The Morgan fingerprint density at radius 1 is 1.35 bits per heavy atom. The molecule has 0 spiro atoms. The van der Waals surface area contributed by atoms with Gasteiger partial charge in [-0.15, -0.1) is 0 Å². The highest BCUT2D eigenvalue weighted by atomic mass is 16.7. The van der Waals surface area contributed by atoms with Crippen LogP contribution in [0, 0.1) is 0 Å². The van der Waals surface area contributed by atoms with E-state index in [0.717, 1.165) is 30.9 Å². The summed E-state index contributed by atoms with van der Waals surface area (Å²) in [4.78, 5) is 14.5. The van der Waals surface area contributed by atoms with E-state index in [0.29, 0.717) is 25.9 Å². The zero-order valence-corrected chi connectivity index (χ0v) is 13.6. The van der Waals surface area contributed by atoms with Crippen molar-refractivity contribution in [1.82, 2.24) is 10.2 Å². The zero-order chi connectivity index (χ0) is 15.9. The molecule has 3 aliphatic rings. The van der Waals surface area contributed by atoms with E-state index in [1.54, 1.807) is 0 Å². The molecule has 2 heterocycles. The van der Waals surface area contributed by atoms with Gasteiger partial charge in [0.1, 0.15) is 0 Å². The number of nitrogens with one attached hydrogen (secondary N) is 1.